The largest absolute Gasteiger partial charge is 0.468 e. The summed E-state index contributed by atoms with van der Waals surface area (Å²) in [5, 5.41) is 0. The Balaban J connectivity index is 2.17. The summed E-state index contributed by atoms with van der Waals surface area (Å²) in [6, 6.07) is 8.09. The number of nitrogens with zero attached hydrogens (tertiary/aromatic N) is 1. The molecule has 1 aliphatic heterocycles. The van der Waals surface area contributed by atoms with Gasteiger partial charge in [-0.1, -0.05) is 24.3 Å². The molecule has 0 bridgehead atoms. The fourth-order valence-corrected chi connectivity index (χ4v) is 2.41. The number of amides is 1. The molecule has 0 spiro atoms. The van der Waals surface area contributed by atoms with Gasteiger partial charge in [0.25, 0.3) is 0 Å². The van der Waals surface area contributed by atoms with Gasteiger partial charge in [0, 0.05) is 13.1 Å². The molecule has 4 nitrogen and oxygen atoms in total. The highest BCUT2D eigenvalue weighted by Gasteiger charge is 2.40. The minimum Gasteiger partial charge on any atom is -0.468 e. The first kappa shape index (κ1) is 13.6. The van der Waals surface area contributed by atoms with E-state index in [0.717, 1.165) is 12.0 Å². The van der Waals surface area contributed by atoms with E-state index in [1.54, 1.807) is 18.7 Å². The van der Waals surface area contributed by atoms with E-state index in [9.17, 15) is 9.59 Å². The average molecular weight is 261 g/mol. The maximum absolute atomic E-state index is 12.5. The lowest BCUT2D eigenvalue weighted by atomic mass is 9.90. The molecule has 2 rings (SSSR count). The van der Waals surface area contributed by atoms with E-state index in [4.69, 9.17) is 4.74 Å². The van der Waals surface area contributed by atoms with Crippen LogP contribution in [0.4, 0.5) is 0 Å². The third-order valence-electron chi connectivity index (χ3n) is 3.65. The van der Waals surface area contributed by atoms with Crippen LogP contribution in [0.5, 0.6) is 0 Å². The summed E-state index contributed by atoms with van der Waals surface area (Å²) in [5.74, 6) is -0.662. The molecular weight excluding hydrogens is 242 g/mol. The topological polar surface area (TPSA) is 46.6 Å². The third-order valence-corrected chi connectivity index (χ3v) is 3.65. The summed E-state index contributed by atoms with van der Waals surface area (Å²) in [6.45, 7) is 4.44. The van der Waals surface area contributed by atoms with E-state index >= 15 is 0 Å². The summed E-state index contributed by atoms with van der Waals surface area (Å²) in [5.41, 5.74) is 1.31. The molecule has 4 heteroatoms. The van der Waals surface area contributed by atoms with E-state index in [1.807, 2.05) is 18.2 Å². The molecule has 0 saturated heterocycles. The third kappa shape index (κ3) is 2.48. The Morgan fingerprint density at radius 2 is 1.84 bits per heavy atom. The Morgan fingerprint density at radius 1 is 1.21 bits per heavy atom. The van der Waals surface area contributed by atoms with Gasteiger partial charge in [-0.05, 0) is 31.4 Å². The van der Waals surface area contributed by atoms with Gasteiger partial charge in [0.1, 0.15) is 5.41 Å². The molecule has 0 aliphatic carbocycles. The van der Waals surface area contributed by atoms with E-state index in [1.165, 1.54) is 12.7 Å². The number of rotatable bonds is 2. The summed E-state index contributed by atoms with van der Waals surface area (Å²) < 4.78 is 4.71. The second-order valence-corrected chi connectivity index (χ2v) is 5.36. The molecule has 1 aromatic rings. The smallest absolute Gasteiger partial charge is 0.320 e. The molecule has 1 aliphatic rings. The first-order valence-corrected chi connectivity index (χ1v) is 6.41. The zero-order valence-corrected chi connectivity index (χ0v) is 11.6. The van der Waals surface area contributed by atoms with Crippen LogP contribution in [0, 0.1) is 5.41 Å². The van der Waals surface area contributed by atoms with Crippen LogP contribution >= 0.6 is 0 Å². The fraction of sp³-hybridized carbons (Fsp3) is 0.467. The summed E-state index contributed by atoms with van der Waals surface area (Å²) >= 11 is 0. The fourth-order valence-electron chi connectivity index (χ4n) is 2.41. The van der Waals surface area contributed by atoms with Crippen molar-refractivity contribution < 1.29 is 14.3 Å². The van der Waals surface area contributed by atoms with Gasteiger partial charge in [-0.3, -0.25) is 9.59 Å². The standard InChI is InChI=1S/C15H19NO3/c1-15(2,14(18)19-3)13(17)16-9-8-11-6-4-5-7-12(11)10-16/h4-7H,8-10H2,1-3H3. The maximum Gasteiger partial charge on any atom is 0.320 e. The molecule has 102 valence electrons. The number of carbonyl (C=O) groups is 2. The van der Waals surface area contributed by atoms with E-state index in [-0.39, 0.29) is 5.91 Å². The van der Waals surface area contributed by atoms with Crippen LogP contribution in [0.15, 0.2) is 24.3 Å². The number of benzene rings is 1. The van der Waals surface area contributed by atoms with Gasteiger partial charge in [-0.25, -0.2) is 0 Å². The lowest BCUT2D eigenvalue weighted by Crippen LogP contribution is -2.47. The van der Waals surface area contributed by atoms with Crippen molar-refractivity contribution in [2.75, 3.05) is 13.7 Å². The Hall–Kier alpha value is -1.84. The van der Waals surface area contributed by atoms with Gasteiger partial charge in [-0.2, -0.15) is 0 Å². The molecule has 1 amide bonds. The van der Waals surface area contributed by atoms with Crippen molar-refractivity contribution in [2.45, 2.75) is 26.8 Å². The number of ether oxygens (including phenoxy) is 1. The van der Waals surface area contributed by atoms with Crippen molar-refractivity contribution in [3.05, 3.63) is 35.4 Å². The Bertz CT molecular complexity index is 508. The van der Waals surface area contributed by atoms with Crippen molar-refractivity contribution in [1.82, 2.24) is 4.90 Å². The van der Waals surface area contributed by atoms with Crippen molar-refractivity contribution >= 4 is 11.9 Å². The number of hydrogen-bond donors (Lipinski definition) is 0. The van der Waals surface area contributed by atoms with Gasteiger partial charge < -0.3 is 9.64 Å². The molecule has 1 aromatic carbocycles. The average Bonchev–Trinajstić information content (AvgIpc) is 2.44. The highest BCUT2D eigenvalue weighted by Crippen LogP contribution is 2.25. The first-order valence-electron chi connectivity index (χ1n) is 6.41. The Labute approximate surface area is 113 Å². The molecule has 19 heavy (non-hydrogen) atoms. The Kier molecular flexibility index (Phi) is 3.60. The predicted octanol–water partition coefficient (Wildman–Crippen LogP) is 1.77. The maximum atomic E-state index is 12.5. The van der Waals surface area contributed by atoms with Crippen molar-refractivity contribution in [2.24, 2.45) is 5.41 Å². The van der Waals surface area contributed by atoms with Crippen LogP contribution in [-0.2, 0) is 27.3 Å². The highest BCUT2D eigenvalue weighted by molar-refractivity contribution is 6.01. The normalized spacial score (nSPS) is 14.8. The van der Waals surface area contributed by atoms with Crippen LogP contribution < -0.4 is 0 Å². The zero-order valence-electron chi connectivity index (χ0n) is 11.6. The molecule has 0 radical (unpaired) electrons. The van der Waals surface area contributed by atoms with Crippen molar-refractivity contribution in [3.63, 3.8) is 0 Å². The van der Waals surface area contributed by atoms with Gasteiger partial charge in [0.05, 0.1) is 7.11 Å². The molecule has 0 aromatic heterocycles. The quantitative estimate of drug-likeness (QED) is 0.602. The van der Waals surface area contributed by atoms with Gasteiger partial charge >= 0.3 is 5.97 Å². The minimum absolute atomic E-state index is 0.172. The second kappa shape index (κ2) is 5.03. The lowest BCUT2D eigenvalue weighted by molar-refractivity contribution is -0.161. The molecule has 0 unspecified atom stereocenters. The minimum atomic E-state index is -1.12. The molecular formula is C15H19NO3. The van der Waals surface area contributed by atoms with Crippen LogP contribution in [0.3, 0.4) is 0 Å². The monoisotopic (exact) mass is 261 g/mol. The molecule has 1 heterocycles. The summed E-state index contributed by atoms with van der Waals surface area (Å²) in [4.78, 5) is 25.9. The van der Waals surface area contributed by atoms with Gasteiger partial charge in [0.15, 0.2) is 0 Å². The second-order valence-electron chi connectivity index (χ2n) is 5.36. The van der Waals surface area contributed by atoms with E-state index in [2.05, 4.69) is 6.07 Å². The number of hydrogen-bond acceptors (Lipinski definition) is 3. The molecule has 0 saturated carbocycles. The molecule has 0 atom stereocenters. The van der Waals surface area contributed by atoms with Crippen molar-refractivity contribution in [1.29, 1.82) is 0 Å². The summed E-state index contributed by atoms with van der Waals surface area (Å²) in [6.07, 6.45) is 0.833. The summed E-state index contributed by atoms with van der Waals surface area (Å²) in [7, 11) is 1.31. The van der Waals surface area contributed by atoms with Crippen LogP contribution in [0.25, 0.3) is 0 Å². The van der Waals surface area contributed by atoms with Gasteiger partial charge in [-0.15, -0.1) is 0 Å². The Morgan fingerprint density at radius 3 is 2.47 bits per heavy atom. The molecule has 0 fully saturated rings. The van der Waals surface area contributed by atoms with E-state index < -0.39 is 11.4 Å². The number of esters is 1. The zero-order chi connectivity index (χ0) is 14.0. The first-order chi connectivity index (χ1) is 8.96. The number of fused-ring (bicyclic) bond motifs is 1. The van der Waals surface area contributed by atoms with E-state index in [0.29, 0.717) is 13.1 Å². The van der Waals surface area contributed by atoms with Gasteiger partial charge in [0.2, 0.25) is 5.91 Å². The van der Waals surface area contributed by atoms with Crippen molar-refractivity contribution in [3.8, 4) is 0 Å². The molecule has 0 N–H and O–H groups in total. The lowest BCUT2D eigenvalue weighted by Gasteiger charge is -2.33. The van der Waals surface area contributed by atoms with Crippen LogP contribution in [-0.4, -0.2) is 30.4 Å². The number of carbonyl (C=O) groups excluding carboxylic acids is 2. The SMILES string of the molecule is COC(=O)C(C)(C)C(=O)N1CCc2ccccc2C1. The van der Waals surface area contributed by atoms with Crippen LogP contribution in [0.1, 0.15) is 25.0 Å². The highest BCUT2D eigenvalue weighted by atomic mass is 16.5. The predicted molar refractivity (Wildman–Crippen MR) is 71.4 cm³/mol. The van der Waals surface area contributed by atoms with Crippen LogP contribution in [0.2, 0.25) is 0 Å². The number of methoxy groups -OCH3 is 1.